The van der Waals surface area contributed by atoms with Crippen LogP contribution in [0, 0.1) is 5.92 Å². The average molecular weight is 522 g/mol. The van der Waals surface area contributed by atoms with Gasteiger partial charge in [0, 0.05) is 33.2 Å². The van der Waals surface area contributed by atoms with Crippen molar-refractivity contribution in [3.8, 4) is 0 Å². The van der Waals surface area contributed by atoms with Gasteiger partial charge in [-0.2, -0.15) is 4.31 Å². The topological polar surface area (TPSA) is 73.8 Å². The fourth-order valence-corrected chi connectivity index (χ4v) is 4.66. The summed E-state index contributed by atoms with van der Waals surface area (Å²) in [6, 6.07) is 7.14. The number of hydrogen-bond donors (Lipinski definition) is 2. The van der Waals surface area contributed by atoms with E-state index >= 15 is 0 Å². The predicted octanol–water partition coefficient (Wildman–Crippen LogP) is 3.58. The van der Waals surface area contributed by atoms with Crippen LogP contribution in [-0.4, -0.2) is 45.4 Å². The molecule has 1 heterocycles. The third kappa shape index (κ3) is 7.87. The van der Waals surface area contributed by atoms with Crippen molar-refractivity contribution in [3.05, 3.63) is 29.8 Å². The first kappa shape index (κ1) is 25.2. The number of guanidine groups is 1. The Balaban J connectivity index is 0.00000392. The summed E-state index contributed by atoms with van der Waals surface area (Å²) in [6.07, 6.45) is 5.49. The molecule has 0 aromatic heterocycles. The first-order valence-electron chi connectivity index (χ1n) is 9.97. The van der Waals surface area contributed by atoms with Gasteiger partial charge in [-0.1, -0.05) is 38.8 Å². The zero-order chi connectivity index (χ0) is 19.7. The van der Waals surface area contributed by atoms with Crippen LogP contribution in [0.4, 0.5) is 0 Å². The fraction of sp³-hybridized carbons (Fsp3) is 0.650. The second-order valence-corrected chi connectivity index (χ2v) is 9.44. The first-order valence-corrected chi connectivity index (χ1v) is 11.4. The number of hydrogen-bond acceptors (Lipinski definition) is 3. The number of nitrogens with zero attached hydrogens (tertiary/aromatic N) is 2. The highest BCUT2D eigenvalue weighted by Gasteiger charge is 2.26. The Morgan fingerprint density at radius 2 is 1.75 bits per heavy atom. The lowest BCUT2D eigenvalue weighted by Gasteiger charge is -2.16. The van der Waals surface area contributed by atoms with Crippen molar-refractivity contribution in [2.45, 2.75) is 57.4 Å². The van der Waals surface area contributed by atoms with Crippen LogP contribution in [-0.2, 0) is 16.6 Å². The molecule has 2 rings (SSSR count). The van der Waals surface area contributed by atoms with Crippen molar-refractivity contribution in [3.63, 3.8) is 0 Å². The molecule has 0 spiro atoms. The Bertz CT molecular complexity index is 699. The van der Waals surface area contributed by atoms with Gasteiger partial charge >= 0.3 is 0 Å². The van der Waals surface area contributed by atoms with Crippen molar-refractivity contribution >= 4 is 40.0 Å². The largest absolute Gasteiger partial charge is 0.356 e. The highest BCUT2D eigenvalue weighted by atomic mass is 127. The zero-order valence-corrected chi connectivity index (χ0v) is 20.4. The summed E-state index contributed by atoms with van der Waals surface area (Å²) < 4.78 is 26.7. The number of halogens is 1. The van der Waals surface area contributed by atoms with Gasteiger partial charge in [-0.15, -0.1) is 24.0 Å². The van der Waals surface area contributed by atoms with Gasteiger partial charge in [0.15, 0.2) is 5.96 Å². The van der Waals surface area contributed by atoms with E-state index in [1.807, 2.05) is 12.1 Å². The average Bonchev–Trinajstić information content (AvgIpc) is 3.19. The summed E-state index contributed by atoms with van der Waals surface area (Å²) >= 11 is 0. The molecule has 28 heavy (non-hydrogen) atoms. The van der Waals surface area contributed by atoms with E-state index in [9.17, 15) is 8.42 Å². The van der Waals surface area contributed by atoms with Gasteiger partial charge in [0.2, 0.25) is 10.0 Å². The van der Waals surface area contributed by atoms with Crippen LogP contribution < -0.4 is 10.6 Å². The highest BCUT2D eigenvalue weighted by Crippen LogP contribution is 2.21. The summed E-state index contributed by atoms with van der Waals surface area (Å²) in [5.41, 5.74) is 1.03. The number of rotatable bonds is 9. The second-order valence-electron chi connectivity index (χ2n) is 7.50. The zero-order valence-electron chi connectivity index (χ0n) is 17.3. The molecule has 0 bridgehead atoms. The molecular formula is C20H35IN4O2S. The third-order valence-electron chi connectivity index (χ3n) is 4.81. The van der Waals surface area contributed by atoms with Gasteiger partial charge in [-0.3, -0.25) is 4.99 Å². The maximum absolute atomic E-state index is 12.6. The molecule has 1 aromatic carbocycles. The minimum Gasteiger partial charge on any atom is -0.356 e. The van der Waals surface area contributed by atoms with Crippen LogP contribution in [0.2, 0.25) is 0 Å². The van der Waals surface area contributed by atoms with Crippen LogP contribution in [0.3, 0.4) is 0 Å². The Morgan fingerprint density at radius 1 is 1.11 bits per heavy atom. The van der Waals surface area contributed by atoms with Crippen LogP contribution >= 0.6 is 24.0 Å². The van der Waals surface area contributed by atoms with Crippen molar-refractivity contribution in [2.75, 3.05) is 26.7 Å². The predicted molar refractivity (Wildman–Crippen MR) is 127 cm³/mol. The molecule has 0 amide bonds. The van der Waals surface area contributed by atoms with Gasteiger partial charge in [0.05, 0.1) is 4.90 Å². The Labute approximate surface area is 187 Å². The highest BCUT2D eigenvalue weighted by molar-refractivity contribution is 14.0. The molecule has 1 saturated heterocycles. The van der Waals surface area contributed by atoms with E-state index in [4.69, 9.17) is 0 Å². The van der Waals surface area contributed by atoms with E-state index in [1.54, 1.807) is 23.5 Å². The minimum atomic E-state index is -3.34. The van der Waals surface area contributed by atoms with Crippen LogP contribution in [0.15, 0.2) is 34.2 Å². The van der Waals surface area contributed by atoms with Crippen molar-refractivity contribution in [2.24, 2.45) is 10.9 Å². The smallest absolute Gasteiger partial charge is 0.243 e. The first-order chi connectivity index (χ1) is 12.9. The van der Waals surface area contributed by atoms with E-state index < -0.39 is 10.0 Å². The molecule has 0 radical (unpaired) electrons. The lowest BCUT2D eigenvalue weighted by Crippen LogP contribution is -2.37. The van der Waals surface area contributed by atoms with E-state index in [0.29, 0.717) is 24.5 Å². The number of sulfonamides is 1. The van der Waals surface area contributed by atoms with Crippen LogP contribution in [0.25, 0.3) is 0 Å². The van der Waals surface area contributed by atoms with Crippen LogP contribution in [0.1, 0.15) is 51.5 Å². The number of nitrogens with one attached hydrogen (secondary N) is 2. The summed E-state index contributed by atoms with van der Waals surface area (Å²) in [5.74, 6) is 1.52. The molecular weight excluding hydrogens is 487 g/mol. The molecule has 1 aromatic rings. The standard InChI is InChI=1S/C20H34N4O2S.HI/c1-17(2)8-4-5-13-22-20(21-3)23-16-18-9-11-19(12-10-18)27(25,26)24-14-6-7-15-24;/h9-12,17H,4-8,13-16H2,1-3H3,(H2,21,22,23);1H. The Morgan fingerprint density at radius 3 is 2.32 bits per heavy atom. The molecule has 1 aliphatic rings. The van der Waals surface area contributed by atoms with Gasteiger partial charge in [0.1, 0.15) is 0 Å². The molecule has 1 aliphatic heterocycles. The molecule has 2 N–H and O–H groups in total. The molecule has 6 nitrogen and oxygen atoms in total. The summed E-state index contributed by atoms with van der Waals surface area (Å²) in [5, 5.41) is 6.60. The number of benzene rings is 1. The molecule has 160 valence electrons. The summed E-state index contributed by atoms with van der Waals surface area (Å²) in [6.45, 7) is 7.26. The molecule has 0 aliphatic carbocycles. The monoisotopic (exact) mass is 522 g/mol. The molecule has 0 saturated carbocycles. The fourth-order valence-electron chi connectivity index (χ4n) is 3.15. The Hall–Kier alpha value is -0.870. The normalized spacial score (nSPS) is 15.5. The van der Waals surface area contributed by atoms with E-state index in [1.165, 1.54) is 12.8 Å². The lowest BCUT2D eigenvalue weighted by atomic mass is 10.1. The maximum Gasteiger partial charge on any atom is 0.243 e. The lowest BCUT2D eigenvalue weighted by molar-refractivity contribution is 0.477. The molecule has 0 unspecified atom stereocenters. The minimum absolute atomic E-state index is 0. The molecule has 8 heteroatoms. The van der Waals surface area contributed by atoms with Crippen LogP contribution in [0.5, 0.6) is 0 Å². The maximum atomic E-state index is 12.6. The van der Waals surface area contributed by atoms with E-state index in [2.05, 4.69) is 29.5 Å². The number of aliphatic imine (C=N–C) groups is 1. The van der Waals surface area contributed by atoms with Gasteiger partial charge in [0.25, 0.3) is 0 Å². The summed E-state index contributed by atoms with van der Waals surface area (Å²) in [4.78, 5) is 4.61. The Kier molecular flexibility index (Phi) is 11.4. The van der Waals surface area contributed by atoms with Gasteiger partial charge in [-0.05, 0) is 42.9 Å². The van der Waals surface area contributed by atoms with Crippen molar-refractivity contribution in [1.82, 2.24) is 14.9 Å². The third-order valence-corrected chi connectivity index (χ3v) is 6.72. The molecule has 1 fully saturated rings. The second kappa shape index (κ2) is 12.6. The van der Waals surface area contributed by atoms with E-state index in [-0.39, 0.29) is 24.0 Å². The quantitative estimate of drug-likeness (QED) is 0.225. The van der Waals surface area contributed by atoms with Gasteiger partial charge in [-0.25, -0.2) is 8.42 Å². The summed E-state index contributed by atoms with van der Waals surface area (Å²) in [7, 11) is -1.58. The molecule has 0 atom stereocenters. The van der Waals surface area contributed by atoms with Crippen molar-refractivity contribution in [1.29, 1.82) is 0 Å². The van der Waals surface area contributed by atoms with Crippen molar-refractivity contribution < 1.29 is 8.42 Å². The van der Waals surface area contributed by atoms with E-state index in [0.717, 1.165) is 43.2 Å². The number of unbranched alkanes of at least 4 members (excludes halogenated alkanes) is 1. The van der Waals surface area contributed by atoms with Gasteiger partial charge < -0.3 is 10.6 Å². The SMILES string of the molecule is CN=C(NCCCCC(C)C)NCc1ccc(S(=O)(=O)N2CCCC2)cc1.I.